The van der Waals surface area contributed by atoms with Crippen molar-refractivity contribution in [2.24, 2.45) is 5.41 Å². The molecule has 0 spiro atoms. The van der Waals surface area contributed by atoms with E-state index in [1.54, 1.807) is 0 Å². The van der Waals surface area contributed by atoms with E-state index >= 15 is 0 Å². The molecule has 0 unspecified atom stereocenters. The summed E-state index contributed by atoms with van der Waals surface area (Å²) in [6.07, 6.45) is 2.51. The minimum Gasteiger partial charge on any atom is -0.494 e. The van der Waals surface area contributed by atoms with Crippen LogP contribution in [0.5, 0.6) is 11.5 Å². The Labute approximate surface area is 169 Å². The summed E-state index contributed by atoms with van der Waals surface area (Å²) in [5, 5.41) is 3.01. The van der Waals surface area contributed by atoms with Crippen LogP contribution in [0.25, 0.3) is 0 Å². The van der Waals surface area contributed by atoms with Gasteiger partial charge in [0.15, 0.2) is 0 Å². The molecule has 4 heteroatoms. The zero-order valence-electron chi connectivity index (χ0n) is 17.8. The van der Waals surface area contributed by atoms with Gasteiger partial charge in [-0.15, -0.1) is 0 Å². The van der Waals surface area contributed by atoms with Crippen molar-refractivity contribution in [3.05, 3.63) is 53.6 Å². The molecule has 1 amide bonds. The van der Waals surface area contributed by atoms with Crippen molar-refractivity contribution in [2.45, 2.75) is 53.9 Å². The van der Waals surface area contributed by atoms with Crippen LogP contribution >= 0.6 is 0 Å². The molecule has 0 heterocycles. The topological polar surface area (TPSA) is 47.6 Å². The lowest BCUT2D eigenvalue weighted by molar-refractivity contribution is -0.124. The first-order valence-electron chi connectivity index (χ1n) is 10.1. The van der Waals surface area contributed by atoms with E-state index in [4.69, 9.17) is 9.47 Å². The van der Waals surface area contributed by atoms with Gasteiger partial charge in [0.2, 0.25) is 5.91 Å². The third-order valence-corrected chi connectivity index (χ3v) is 4.73. The predicted octanol–water partition coefficient (Wildman–Crippen LogP) is 5.92. The number of hydrogen-bond donors (Lipinski definition) is 1. The summed E-state index contributed by atoms with van der Waals surface area (Å²) < 4.78 is 11.6. The van der Waals surface area contributed by atoms with E-state index in [1.165, 1.54) is 5.56 Å². The molecule has 0 radical (unpaired) electrons. The first-order chi connectivity index (χ1) is 13.3. The Morgan fingerprint density at radius 3 is 2.57 bits per heavy atom. The Hall–Kier alpha value is -2.49. The zero-order chi connectivity index (χ0) is 20.6. The van der Waals surface area contributed by atoms with Gasteiger partial charge in [0.25, 0.3) is 0 Å². The standard InChI is InChI=1S/C24H33NO3/c1-6-14-27-21-10-7-9-20(17-21)25-23(26)24(4,5)13-8-15-28-22-16-18(2)11-12-19(22)3/h7,9-12,16-17H,6,8,13-15H2,1-5H3,(H,25,26). The molecular weight excluding hydrogens is 350 g/mol. The van der Waals surface area contributed by atoms with E-state index in [0.717, 1.165) is 42.0 Å². The number of benzene rings is 2. The summed E-state index contributed by atoms with van der Waals surface area (Å²) in [5.74, 6) is 1.71. The molecule has 28 heavy (non-hydrogen) atoms. The van der Waals surface area contributed by atoms with Gasteiger partial charge in [0, 0.05) is 17.2 Å². The van der Waals surface area contributed by atoms with E-state index in [0.29, 0.717) is 13.2 Å². The molecule has 0 aliphatic heterocycles. The van der Waals surface area contributed by atoms with Gasteiger partial charge in [0.1, 0.15) is 11.5 Å². The second-order valence-corrected chi connectivity index (χ2v) is 7.94. The fraction of sp³-hybridized carbons (Fsp3) is 0.458. The Morgan fingerprint density at radius 1 is 1.04 bits per heavy atom. The zero-order valence-corrected chi connectivity index (χ0v) is 17.8. The van der Waals surface area contributed by atoms with Gasteiger partial charge in [-0.25, -0.2) is 0 Å². The number of aryl methyl sites for hydroxylation is 2. The Bertz CT molecular complexity index is 783. The van der Waals surface area contributed by atoms with Crippen LogP contribution in [0.2, 0.25) is 0 Å². The highest BCUT2D eigenvalue weighted by atomic mass is 16.5. The van der Waals surface area contributed by atoms with E-state index in [-0.39, 0.29) is 5.91 Å². The van der Waals surface area contributed by atoms with Crippen LogP contribution in [0.4, 0.5) is 5.69 Å². The second kappa shape index (κ2) is 10.2. The quantitative estimate of drug-likeness (QED) is 0.518. The van der Waals surface area contributed by atoms with Crippen LogP contribution in [-0.2, 0) is 4.79 Å². The Morgan fingerprint density at radius 2 is 1.82 bits per heavy atom. The maximum Gasteiger partial charge on any atom is 0.230 e. The van der Waals surface area contributed by atoms with Crippen LogP contribution in [0.3, 0.4) is 0 Å². The third kappa shape index (κ3) is 6.59. The van der Waals surface area contributed by atoms with Gasteiger partial charge < -0.3 is 14.8 Å². The van der Waals surface area contributed by atoms with Crippen LogP contribution in [0, 0.1) is 19.3 Å². The maximum absolute atomic E-state index is 12.7. The Kier molecular flexibility index (Phi) is 7.91. The third-order valence-electron chi connectivity index (χ3n) is 4.73. The van der Waals surface area contributed by atoms with Crippen molar-refractivity contribution in [1.82, 2.24) is 0 Å². The van der Waals surface area contributed by atoms with E-state index in [9.17, 15) is 4.79 Å². The molecule has 0 atom stereocenters. The molecular formula is C24H33NO3. The van der Waals surface area contributed by atoms with Gasteiger partial charge in [0.05, 0.1) is 13.2 Å². The first kappa shape index (κ1) is 21.8. The lowest BCUT2D eigenvalue weighted by Gasteiger charge is -2.24. The van der Waals surface area contributed by atoms with Crippen molar-refractivity contribution < 1.29 is 14.3 Å². The lowest BCUT2D eigenvalue weighted by atomic mass is 9.87. The molecule has 2 aromatic carbocycles. The smallest absolute Gasteiger partial charge is 0.230 e. The molecule has 2 rings (SSSR count). The summed E-state index contributed by atoms with van der Waals surface area (Å²) in [4.78, 5) is 12.7. The lowest BCUT2D eigenvalue weighted by Crippen LogP contribution is -2.31. The van der Waals surface area contributed by atoms with Crippen molar-refractivity contribution in [2.75, 3.05) is 18.5 Å². The van der Waals surface area contributed by atoms with Crippen molar-refractivity contribution in [1.29, 1.82) is 0 Å². The van der Waals surface area contributed by atoms with Gasteiger partial charge in [-0.1, -0.05) is 39.0 Å². The average Bonchev–Trinajstić information content (AvgIpc) is 2.66. The summed E-state index contributed by atoms with van der Waals surface area (Å²) in [6.45, 7) is 11.4. The SMILES string of the molecule is CCCOc1cccc(NC(=O)C(C)(C)CCCOc2cc(C)ccc2C)c1. The van der Waals surface area contributed by atoms with E-state index in [1.807, 2.05) is 45.0 Å². The van der Waals surface area contributed by atoms with Crippen LogP contribution < -0.4 is 14.8 Å². The highest BCUT2D eigenvalue weighted by Crippen LogP contribution is 2.27. The number of ether oxygens (including phenoxy) is 2. The number of rotatable bonds is 10. The average molecular weight is 384 g/mol. The number of anilines is 1. The summed E-state index contributed by atoms with van der Waals surface area (Å²) >= 11 is 0. The largest absolute Gasteiger partial charge is 0.494 e. The molecule has 1 N–H and O–H groups in total. The molecule has 0 bridgehead atoms. The summed E-state index contributed by atoms with van der Waals surface area (Å²) in [6, 6.07) is 13.8. The fourth-order valence-electron chi connectivity index (χ4n) is 2.86. The molecule has 4 nitrogen and oxygen atoms in total. The first-order valence-corrected chi connectivity index (χ1v) is 10.1. The summed E-state index contributed by atoms with van der Waals surface area (Å²) in [5.41, 5.74) is 2.60. The monoisotopic (exact) mass is 383 g/mol. The van der Waals surface area contributed by atoms with Gasteiger partial charge in [-0.3, -0.25) is 4.79 Å². The van der Waals surface area contributed by atoms with Crippen LogP contribution in [0.1, 0.15) is 51.2 Å². The molecule has 0 saturated heterocycles. The van der Waals surface area contributed by atoms with Gasteiger partial charge >= 0.3 is 0 Å². The number of carbonyl (C=O) groups excluding carboxylic acids is 1. The maximum atomic E-state index is 12.7. The fourth-order valence-corrected chi connectivity index (χ4v) is 2.86. The van der Waals surface area contributed by atoms with Crippen molar-refractivity contribution >= 4 is 11.6 Å². The highest BCUT2D eigenvalue weighted by Gasteiger charge is 2.27. The van der Waals surface area contributed by atoms with E-state index < -0.39 is 5.41 Å². The molecule has 2 aromatic rings. The van der Waals surface area contributed by atoms with Gasteiger partial charge in [-0.2, -0.15) is 0 Å². The minimum atomic E-state index is -0.481. The van der Waals surface area contributed by atoms with E-state index in [2.05, 4.69) is 37.4 Å². The molecule has 0 saturated carbocycles. The normalized spacial score (nSPS) is 11.2. The molecule has 0 aromatic heterocycles. The van der Waals surface area contributed by atoms with Gasteiger partial charge in [-0.05, 0) is 62.4 Å². The second-order valence-electron chi connectivity index (χ2n) is 7.94. The number of amides is 1. The summed E-state index contributed by atoms with van der Waals surface area (Å²) in [7, 11) is 0. The molecule has 152 valence electrons. The minimum absolute atomic E-state index is 0.00637. The molecule has 0 fully saturated rings. The Balaban J connectivity index is 1.84. The number of carbonyl (C=O) groups is 1. The molecule has 0 aliphatic rings. The van der Waals surface area contributed by atoms with Crippen molar-refractivity contribution in [3.63, 3.8) is 0 Å². The highest BCUT2D eigenvalue weighted by molar-refractivity contribution is 5.94. The number of nitrogens with one attached hydrogen (secondary N) is 1. The van der Waals surface area contributed by atoms with Crippen LogP contribution in [-0.4, -0.2) is 19.1 Å². The number of hydrogen-bond acceptors (Lipinski definition) is 3. The molecule has 0 aliphatic carbocycles. The van der Waals surface area contributed by atoms with Crippen molar-refractivity contribution in [3.8, 4) is 11.5 Å². The predicted molar refractivity (Wildman–Crippen MR) is 115 cm³/mol. The van der Waals surface area contributed by atoms with Crippen LogP contribution in [0.15, 0.2) is 42.5 Å².